The molecule has 1 unspecified atom stereocenters. The third-order valence-electron chi connectivity index (χ3n) is 3.30. The van der Waals surface area contributed by atoms with Crippen LogP contribution in [-0.2, 0) is 9.53 Å². The zero-order valence-corrected chi connectivity index (χ0v) is 12.1. The Labute approximate surface area is 122 Å². The molecule has 0 amide bonds. The smallest absolute Gasteiger partial charge is 0.328 e. The lowest BCUT2D eigenvalue weighted by molar-refractivity contribution is -0.150. The molecule has 1 aliphatic heterocycles. The van der Waals surface area contributed by atoms with Crippen LogP contribution in [0.2, 0.25) is 5.02 Å². The summed E-state index contributed by atoms with van der Waals surface area (Å²) < 4.78 is 19.2. The summed E-state index contributed by atoms with van der Waals surface area (Å²) in [4.78, 5) is 14.1. The normalized spacial score (nSPS) is 17.8. The van der Waals surface area contributed by atoms with E-state index in [4.69, 9.17) is 16.3 Å². The number of benzene rings is 1. The molecule has 1 heterocycles. The van der Waals surface area contributed by atoms with E-state index in [-0.39, 0.29) is 17.2 Å². The molecule has 4 nitrogen and oxygen atoms in total. The molecule has 0 spiro atoms. The lowest BCUT2D eigenvalue weighted by atomic mass is 10.0. The van der Waals surface area contributed by atoms with Gasteiger partial charge in [-0.2, -0.15) is 0 Å². The Balaban J connectivity index is 2.37. The first-order valence-electron chi connectivity index (χ1n) is 6.70. The van der Waals surface area contributed by atoms with Gasteiger partial charge in [-0.15, -0.1) is 0 Å². The molecule has 1 N–H and O–H groups in total. The minimum atomic E-state index is -0.786. The molecule has 1 fully saturated rings. The van der Waals surface area contributed by atoms with Crippen LogP contribution in [0.15, 0.2) is 18.2 Å². The average molecular weight is 301 g/mol. The number of hydrogen-bond acceptors (Lipinski definition) is 4. The number of esters is 1. The monoisotopic (exact) mass is 300 g/mol. The van der Waals surface area contributed by atoms with Crippen molar-refractivity contribution in [1.29, 1.82) is 0 Å². The molecule has 1 saturated heterocycles. The van der Waals surface area contributed by atoms with Gasteiger partial charge in [0.15, 0.2) is 0 Å². The highest BCUT2D eigenvalue weighted by molar-refractivity contribution is 6.31. The van der Waals surface area contributed by atoms with Crippen LogP contribution in [0.5, 0.6) is 0 Å². The van der Waals surface area contributed by atoms with Crippen molar-refractivity contribution in [2.75, 3.05) is 32.8 Å². The van der Waals surface area contributed by atoms with Crippen LogP contribution in [0.3, 0.4) is 0 Å². The number of carbonyl (C=O) groups is 1. The first-order valence-corrected chi connectivity index (χ1v) is 7.08. The van der Waals surface area contributed by atoms with E-state index in [1.807, 2.05) is 4.90 Å². The first kappa shape index (κ1) is 15.2. The highest BCUT2D eigenvalue weighted by atomic mass is 35.5. The molecule has 110 valence electrons. The van der Waals surface area contributed by atoms with Gasteiger partial charge in [0.2, 0.25) is 0 Å². The summed E-state index contributed by atoms with van der Waals surface area (Å²) >= 11 is 6.10. The van der Waals surface area contributed by atoms with E-state index < -0.39 is 17.8 Å². The Bertz CT molecular complexity index is 458. The third kappa shape index (κ3) is 3.29. The van der Waals surface area contributed by atoms with E-state index in [0.29, 0.717) is 13.1 Å². The molecule has 6 heteroatoms. The zero-order valence-electron chi connectivity index (χ0n) is 11.4. The van der Waals surface area contributed by atoms with E-state index >= 15 is 0 Å². The molecular weight excluding hydrogens is 283 g/mol. The van der Waals surface area contributed by atoms with Crippen molar-refractivity contribution in [3.63, 3.8) is 0 Å². The SMILES string of the molecule is CCOC(=O)C(c1c(F)cccc1Cl)N1CCNCC1. The molecule has 2 rings (SSSR count). The fourth-order valence-electron chi connectivity index (χ4n) is 2.38. The second kappa shape index (κ2) is 7.02. The predicted octanol–water partition coefficient (Wildman–Crippen LogP) is 1.99. The van der Waals surface area contributed by atoms with Crippen molar-refractivity contribution in [2.45, 2.75) is 13.0 Å². The highest BCUT2D eigenvalue weighted by Gasteiger charge is 2.33. The Kier molecular flexibility index (Phi) is 5.34. The van der Waals surface area contributed by atoms with E-state index in [0.717, 1.165) is 13.1 Å². The first-order chi connectivity index (χ1) is 9.65. The van der Waals surface area contributed by atoms with Gasteiger partial charge in [-0.25, -0.2) is 9.18 Å². The molecule has 0 radical (unpaired) electrons. The topological polar surface area (TPSA) is 41.6 Å². The van der Waals surface area contributed by atoms with Crippen molar-refractivity contribution in [2.24, 2.45) is 0 Å². The van der Waals surface area contributed by atoms with Crippen LogP contribution in [-0.4, -0.2) is 43.7 Å². The minimum Gasteiger partial charge on any atom is -0.465 e. The lowest BCUT2D eigenvalue weighted by Gasteiger charge is -2.34. The predicted molar refractivity (Wildman–Crippen MR) is 75.2 cm³/mol. The fraction of sp³-hybridized carbons (Fsp3) is 0.500. The van der Waals surface area contributed by atoms with Crippen molar-refractivity contribution >= 4 is 17.6 Å². The summed E-state index contributed by atoms with van der Waals surface area (Å²) in [5.74, 6) is -0.935. The molecule has 0 saturated carbocycles. The molecular formula is C14H18ClFN2O2. The van der Waals surface area contributed by atoms with Gasteiger partial charge >= 0.3 is 5.97 Å². The van der Waals surface area contributed by atoms with Gasteiger partial charge in [-0.05, 0) is 19.1 Å². The molecule has 0 bridgehead atoms. The summed E-state index contributed by atoms with van der Waals surface area (Å²) in [5.41, 5.74) is 0.203. The number of ether oxygens (including phenoxy) is 1. The largest absolute Gasteiger partial charge is 0.465 e. The fourth-order valence-corrected chi connectivity index (χ4v) is 2.65. The van der Waals surface area contributed by atoms with Gasteiger partial charge in [0.1, 0.15) is 11.9 Å². The van der Waals surface area contributed by atoms with E-state index in [1.165, 1.54) is 12.1 Å². The number of hydrogen-bond donors (Lipinski definition) is 1. The number of piperazine rings is 1. The third-order valence-corrected chi connectivity index (χ3v) is 3.63. The van der Waals surface area contributed by atoms with Gasteiger partial charge in [0.25, 0.3) is 0 Å². The quantitative estimate of drug-likeness (QED) is 0.864. The van der Waals surface area contributed by atoms with Crippen LogP contribution < -0.4 is 5.32 Å². The van der Waals surface area contributed by atoms with Gasteiger partial charge in [0, 0.05) is 36.8 Å². The Morgan fingerprint density at radius 1 is 1.50 bits per heavy atom. The molecule has 1 aromatic rings. The molecule has 1 aromatic carbocycles. The van der Waals surface area contributed by atoms with Crippen LogP contribution in [0.1, 0.15) is 18.5 Å². The minimum absolute atomic E-state index is 0.203. The number of nitrogens with zero attached hydrogens (tertiary/aromatic N) is 1. The second-order valence-electron chi connectivity index (χ2n) is 4.58. The molecule has 0 aliphatic carbocycles. The summed E-state index contributed by atoms with van der Waals surface area (Å²) in [6.45, 7) is 4.79. The Morgan fingerprint density at radius 2 is 2.20 bits per heavy atom. The molecule has 0 aromatic heterocycles. The molecule has 1 atom stereocenters. The Morgan fingerprint density at radius 3 is 2.80 bits per heavy atom. The number of nitrogens with one attached hydrogen (secondary N) is 1. The second-order valence-corrected chi connectivity index (χ2v) is 4.98. The standard InChI is InChI=1S/C14H18ClFN2O2/c1-2-20-14(19)13(18-8-6-17-7-9-18)12-10(15)4-3-5-11(12)16/h3-5,13,17H,2,6-9H2,1H3. The summed E-state index contributed by atoms with van der Waals surface area (Å²) in [7, 11) is 0. The van der Waals surface area contributed by atoms with Gasteiger partial charge < -0.3 is 10.1 Å². The van der Waals surface area contributed by atoms with Gasteiger partial charge in [-0.3, -0.25) is 4.90 Å². The van der Waals surface area contributed by atoms with Crippen LogP contribution in [0, 0.1) is 5.82 Å². The van der Waals surface area contributed by atoms with Crippen molar-refractivity contribution in [3.8, 4) is 0 Å². The van der Waals surface area contributed by atoms with E-state index in [2.05, 4.69) is 5.32 Å². The number of carbonyl (C=O) groups excluding carboxylic acids is 1. The number of halogens is 2. The molecule has 20 heavy (non-hydrogen) atoms. The Hall–Kier alpha value is -1.17. The van der Waals surface area contributed by atoms with E-state index in [1.54, 1.807) is 13.0 Å². The van der Waals surface area contributed by atoms with Crippen molar-refractivity contribution < 1.29 is 13.9 Å². The summed E-state index contributed by atoms with van der Waals surface area (Å²) in [6.07, 6.45) is 0. The maximum absolute atomic E-state index is 14.1. The maximum atomic E-state index is 14.1. The van der Waals surface area contributed by atoms with E-state index in [9.17, 15) is 9.18 Å². The molecule has 1 aliphatic rings. The van der Waals surface area contributed by atoms with Gasteiger partial charge in [0.05, 0.1) is 6.61 Å². The van der Waals surface area contributed by atoms with Crippen molar-refractivity contribution in [1.82, 2.24) is 10.2 Å². The van der Waals surface area contributed by atoms with Crippen LogP contribution in [0.4, 0.5) is 4.39 Å². The maximum Gasteiger partial charge on any atom is 0.328 e. The summed E-state index contributed by atoms with van der Waals surface area (Å²) in [6, 6.07) is 3.65. The van der Waals surface area contributed by atoms with Crippen molar-refractivity contribution in [3.05, 3.63) is 34.6 Å². The van der Waals surface area contributed by atoms with Gasteiger partial charge in [-0.1, -0.05) is 17.7 Å². The average Bonchev–Trinajstić information content (AvgIpc) is 2.44. The lowest BCUT2D eigenvalue weighted by Crippen LogP contribution is -2.47. The van der Waals surface area contributed by atoms with Crippen LogP contribution in [0.25, 0.3) is 0 Å². The number of rotatable bonds is 4. The zero-order chi connectivity index (χ0) is 14.5. The summed E-state index contributed by atoms with van der Waals surface area (Å²) in [5, 5.41) is 3.45. The highest BCUT2D eigenvalue weighted by Crippen LogP contribution is 2.31. The van der Waals surface area contributed by atoms with Crippen LogP contribution >= 0.6 is 11.6 Å².